The van der Waals surface area contributed by atoms with Crippen LogP contribution in [0, 0.1) is 0 Å². The topological polar surface area (TPSA) is 63.5 Å². The van der Waals surface area contributed by atoms with Gasteiger partial charge in [-0.1, -0.05) is 43.0 Å². The highest BCUT2D eigenvalue weighted by atomic mass is 35.5. The smallest absolute Gasteiger partial charge is 0.254 e. The number of anilines is 1. The third-order valence-electron chi connectivity index (χ3n) is 4.15. The molecule has 7 heteroatoms. The number of nitrogens with zero attached hydrogens (tertiary/aromatic N) is 1. The predicted octanol–water partition coefficient (Wildman–Crippen LogP) is 4.57. The molecule has 0 amide bonds. The lowest BCUT2D eigenvalue weighted by atomic mass is 10.2. The molecule has 148 valence electrons. The Bertz CT molecular complexity index is 793. The number of nitrogens with one attached hydrogen (secondary N) is 1. The van der Waals surface area contributed by atoms with Gasteiger partial charge in [0, 0.05) is 36.0 Å². The first kappa shape index (κ1) is 21.6. The van der Waals surface area contributed by atoms with Crippen LogP contribution in [-0.2, 0) is 6.54 Å². The Kier molecular flexibility index (Phi) is 8.98. The molecule has 0 saturated heterocycles. The van der Waals surface area contributed by atoms with E-state index in [0.717, 1.165) is 24.9 Å². The number of benzene rings is 1. The van der Waals surface area contributed by atoms with Crippen molar-refractivity contribution < 1.29 is 9.84 Å². The van der Waals surface area contributed by atoms with Gasteiger partial charge in [-0.05, 0) is 31.0 Å². The van der Waals surface area contributed by atoms with Gasteiger partial charge < -0.3 is 19.7 Å². The molecule has 0 fully saturated rings. The van der Waals surface area contributed by atoms with E-state index in [1.165, 1.54) is 6.07 Å². The number of ether oxygens (including phenoxy) is 1. The summed E-state index contributed by atoms with van der Waals surface area (Å²) in [6, 6.07) is 6.80. The van der Waals surface area contributed by atoms with Crippen LogP contribution < -0.4 is 15.6 Å². The summed E-state index contributed by atoms with van der Waals surface area (Å²) < 4.78 is 7.16. The van der Waals surface area contributed by atoms with Gasteiger partial charge in [0.05, 0.1) is 23.9 Å². The largest absolute Gasteiger partial charge is 0.493 e. The molecule has 2 N–H and O–H groups in total. The molecule has 0 unspecified atom stereocenters. The van der Waals surface area contributed by atoms with Crippen molar-refractivity contribution in [3.8, 4) is 5.75 Å². The molecule has 0 aliphatic rings. The Morgan fingerprint density at radius 1 is 1.19 bits per heavy atom. The average Bonchev–Trinajstić information content (AvgIpc) is 2.65. The molecule has 27 heavy (non-hydrogen) atoms. The summed E-state index contributed by atoms with van der Waals surface area (Å²) in [4.78, 5) is 12.4. The molecule has 2 rings (SSSR count). The number of aliphatic hydroxyl groups is 1. The highest BCUT2D eigenvalue weighted by molar-refractivity contribution is 6.37. The van der Waals surface area contributed by atoms with Gasteiger partial charge in [-0.15, -0.1) is 0 Å². The van der Waals surface area contributed by atoms with E-state index in [2.05, 4.69) is 12.2 Å². The zero-order chi connectivity index (χ0) is 19.6. The number of aliphatic hydroxyl groups excluding tert-OH is 1. The lowest BCUT2D eigenvalue weighted by Crippen LogP contribution is -2.20. The molecular formula is C20H26Cl2N2O3. The van der Waals surface area contributed by atoms with E-state index >= 15 is 0 Å². The van der Waals surface area contributed by atoms with E-state index in [1.807, 2.05) is 0 Å². The van der Waals surface area contributed by atoms with Crippen LogP contribution in [0.3, 0.4) is 0 Å². The van der Waals surface area contributed by atoms with Crippen LogP contribution in [0.1, 0.15) is 38.2 Å². The Morgan fingerprint density at radius 2 is 2.00 bits per heavy atom. The minimum absolute atomic E-state index is 0.104. The molecule has 2 aromatic rings. The number of aromatic nitrogens is 1. The molecule has 5 nitrogen and oxygen atoms in total. The van der Waals surface area contributed by atoms with Crippen molar-refractivity contribution in [2.24, 2.45) is 0 Å². The van der Waals surface area contributed by atoms with E-state index in [4.69, 9.17) is 33.0 Å². The van der Waals surface area contributed by atoms with Crippen molar-refractivity contribution in [2.75, 3.05) is 25.1 Å². The molecule has 0 atom stereocenters. The Labute approximate surface area is 169 Å². The highest BCUT2D eigenvalue weighted by Gasteiger charge is 2.12. The third kappa shape index (κ3) is 6.45. The van der Waals surface area contributed by atoms with Crippen LogP contribution in [0.4, 0.5) is 5.69 Å². The van der Waals surface area contributed by atoms with Crippen LogP contribution in [0.25, 0.3) is 0 Å². The lowest BCUT2D eigenvalue weighted by Gasteiger charge is -2.15. The van der Waals surface area contributed by atoms with Crippen LogP contribution in [0.5, 0.6) is 5.75 Å². The summed E-state index contributed by atoms with van der Waals surface area (Å²) in [5, 5.41) is 13.0. The molecule has 1 aromatic carbocycles. The van der Waals surface area contributed by atoms with Crippen molar-refractivity contribution >= 4 is 28.9 Å². The average molecular weight is 413 g/mol. The summed E-state index contributed by atoms with van der Waals surface area (Å²) in [6.45, 7) is 3.71. The Hall–Kier alpha value is -1.69. The van der Waals surface area contributed by atoms with Crippen molar-refractivity contribution in [3.05, 3.63) is 56.4 Å². The maximum atomic E-state index is 12.4. The maximum Gasteiger partial charge on any atom is 0.254 e. The van der Waals surface area contributed by atoms with Crippen molar-refractivity contribution in [1.29, 1.82) is 0 Å². The minimum Gasteiger partial charge on any atom is -0.493 e. The normalized spacial score (nSPS) is 10.8. The molecule has 0 aliphatic carbocycles. The second-order valence-electron chi connectivity index (χ2n) is 6.28. The van der Waals surface area contributed by atoms with Gasteiger partial charge in [0.1, 0.15) is 5.75 Å². The first-order chi connectivity index (χ1) is 13.1. The van der Waals surface area contributed by atoms with Gasteiger partial charge in [-0.2, -0.15) is 0 Å². The van der Waals surface area contributed by atoms with Crippen molar-refractivity contribution in [3.63, 3.8) is 0 Å². The first-order valence-corrected chi connectivity index (χ1v) is 9.97. The minimum atomic E-state index is -0.172. The Balaban J connectivity index is 2.12. The summed E-state index contributed by atoms with van der Waals surface area (Å²) in [7, 11) is 0. The van der Waals surface area contributed by atoms with Crippen molar-refractivity contribution in [2.45, 2.75) is 39.2 Å². The molecule has 0 saturated carbocycles. The van der Waals surface area contributed by atoms with Crippen LogP contribution >= 0.6 is 23.2 Å². The summed E-state index contributed by atoms with van der Waals surface area (Å²) in [6.07, 6.45) is 5.52. The van der Waals surface area contributed by atoms with Gasteiger partial charge in [-0.3, -0.25) is 4.79 Å². The molecule has 1 aromatic heterocycles. The van der Waals surface area contributed by atoms with E-state index in [9.17, 15) is 4.79 Å². The van der Waals surface area contributed by atoms with Gasteiger partial charge in [0.15, 0.2) is 0 Å². The van der Waals surface area contributed by atoms with E-state index < -0.39 is 0 Å². The SMILES string of the molecule is CCCCCOc1ccn(Cc2c(Cl)ccc(NCCCO)c2Cl)c(=O)c1. The molecule has 0 bridgehead atoms. The summed E-state index contributed by atoms with van der Waals surface area (Å²) >= 11 is 12.8. The first-order valence-electron chi connectivity index (χ1n) is 9.21. The third-order valence-corrected chi connectivity index (χ3v) is 4.93. The quantitative estimate of drug-likeness (QED) is 0.530. The highest BCUT2D eigenvalue weighted by Crippen LogP contribution is 2.32. The van der Waals surface area contributed by atoms with Crippen molar-refractivity contribution in [1.82, 2.24) is 4.57 Å². The van der Waals surface area contributed by atoms with Crippen LogP contribution in [0.2, 0.25) is 10.0 Å². The summed E-state index contributed by atoms with van der Waals surface area (Å²) in [5.74, 6) is 0.573. The molecular weight excluding hydrogens is 387 g/mol. The molecule has 0 aliphatic heterocycles. The van der Waals surface area contributed by atoms with Gasteiger partial charge in [0.25, 0.3) is 5.56 Å². The molecule has 1 heterocycles. The second-order valence-corrected chi connectivity index (χ2v) is 7.06. The van der Waals surface area contributed by atoms with Gasteiger partial charge >= 0.3 is 0 Å². The fraction of sp³-hybridized carbons (Fsp3) is 0.450. The fourth-order valence-electron chi connectivity index (χ4n) is 2.60. The van der Waals surface area contributed by atoms with Crippen LogP contribution in [0.15, 0.2) is 35.3 Å². The van der Waals surface area contributed by atoms with E-state index in [-0.39, 0.29) is 18.7 Å². The fourth-order valence-corrected chi connectivity index (χ4v) is 3.16. The van der Waals surface area contributed by atoms with E-state index in [0.29, 0.717) is 40.9 Å². The summed E-state index contributed by atoms with van der Waals surface area (Å²) in [5.41, 5.74) is 1.23. The maximum absolute atomic E-state index is 12.4. The number of halogens is 2. The lowest BCUT2D eigenvalue weighted by molar-refractivity contribution is 0.292. The Morgan fingerprint density at radius 3 is 2.70 bits per heavy atom. The predicted molar refractivity (Wildman–Crippen MR) is 111 cm³/mol. The number of hydrogen-bond acceptors (Lipinski definition) is 4. The molecule has 0 spiro atoms. The van der Waals surface area contributed by atoms with Gasteiger partial charge in [-0.25, -0.2) is 0 Å². The standard InChI is InChI=1S/C20H26Cl2N2O3/c1-2-3-4-12-27-15-8-10-24(19(26)13-15)14-16-17(21)6-7-18(20(16)22)23-9-5-11-25/h6-8,10,13,23,25H,2-5,9,11-12,14H2,1H3. The number of hydrogen-bond donors (Lipinski definition) is 2. The second kappa shape index (κ2) is 11.2. The zero-order valence-corrected chi connectivity index (χ0v) is 17.0. The van der Waals surface area contributed by atoms with Gasteiger partial charge in [0.2, 0.25) is 0 Å². The van der Waals surface area contributed by atoms with E-state index in [1.54, 1.807) is 29.0 Å². The zero-order valence-electron chi connectivity index (χ0n) is 15.5. The number of rotatable bonds is 11. The monoisotopic (exact) mass is 412 g/mol. The number of pyridine rings is 1. The van der Waals surface area contributed by atoms with Crippen LogP contribution in [-0.4, -0.2) is 29.4 Å². The number of unbranched alkanes of at least 4 members (excludes halogenated alkanes) is 2. The molecule has 0 radical (unpaired) electrons.